The Morgan fingerprint density at radius 2 is 1.51 bits per heavy atom. The summed E-state index contributed by atoms with van der Waals surface area (Å²) in [6, 6.07) is 18.9. The fourth-order valence-electron chi connectivity index (χ4n) is 4.94. The zero-order chi connectivity index (χ0) is 27.7. The van der Waals surface area contributed by atoms with Crippen molar-refractivity contribution in [2.75, 3.05) is 32.1 Å². The molecule has 1 aromatic heterocycles. The highest BCUT2D eigenvalue weighted by atomic mass is 32.5. The van der Waals surface area contributed by atoms with E-state index in [9.17, 15) is 19.4 Å². The van der Waals surface area contributed by atoms with Crippen molar-refractivity contribution < 1.29 is 24.2 Å². The molecular formula is C28H31F5N4OS. The molecule has 0 bridgehead atoms. The SMILES string of the molecule is COc1ccc(CCN2CCC(Nc3nc4ccccc4n3Cc3ccc(S(F)(F)(F)(F)F)cc3)CC2)cc1. The van der Waals surface area contributed by atoms with Gasteiger partial charge in [-0.15, -0.1) is 0 Å². The molecule has 4 aromatic rings. The first-order chi connectivity index (χ1) is 18.4. The van der Waals surface area contributed by atoms with Crippen LogP contribution >= 0.6 is 10.2 Å². The van der Waals surface area contributed by atoms with Gasteiger partial charge in [0.15, 0.2) is 0 Å². The summed E-state index contributed by atoms with van der Waals surface area (Å²) < 4.78 is 72.8. The summed E-state index contributed by atoms with van der Waals surface area (Å²) in [5, 5.41) is 3.53. The average molecular weight is 567 g/mol. The minimum Gasteiger partial charge on any atom is -0.497 e. The summed E-state index contributed by atoms with van der Waals surface area (Å²) in [5.41, 5.74) is 3.30. The maximum atomic E-state index is 13.1. The lowest BCUT2D eigenvalue weighted by molar-refractivity contribution is 0.221. The molecule has 1 saturated heterocycles. The maximum absolute atomic E-state index is 13.1. The first-order valence-corrected chi connectivity index (χ1v) is 14.7. The number of methoxy groups -OCH3 is 1. The van der Waals surface area contributed by atoms with Gasteiger partial charge in [-0.1, -0.05) is 55.8 Å². The van der Waals surface area contributed by atoms with Gasteiger partial charge in [0.2, 0.25) is 5.95 Å². The molecule has 1 aliphatic rings. The molecule has 1 N–H and O–H groups in total. The monoisotopic (exact) mass is 566 g/mol. The van der Waals surface area contributed by atoms with Gasteiger partial charge in [-0.3, -0.25) is 0 Å². The Hall–Kier alpha value is -3.31. The van der Waals surface area contributed by atoms with Gasteiger partial charge in [-0.2, -0.15) is 0 Å². The first kappa shape index (κ1) is 27.3. The molecule has 210 valence electrons. The van der Waals surface area contributed by atoms with Crippen LogP contribution in [0.4, 0.5) is 25.4 Å². The van der Waals surface area contributed by atoms with Crippen molar-refractivity contribution in [3.63, 3.8) is 0 Å². The Kier molecular flexibility index (Phi) is 6.79. The van der Waals surface area contributed by atoms with Crippen molar-refractivity contribution in [3.05, 3.63) is 83.9 Å². The van der Waals surface area contributed by atoms with E-state index in [2.05, 4.69) is 22.3 Å². The molecule has 0 amide bonds. The Morgan fingerprint density at radius 1 is 0.872 bits per heavy atom. The van der Waals surface area contributed by atoms with Gasteiger partial charge in [0.05, 0.1) is 24.7 Å². The predicted octanol–water partition coefficient (Wildman–Crippen LogP) is 7.87. The Labute approximate surface area is 224 Å². The van der Waals surface area contributed by atoms with Gasteiger partial charge >= 0.3 is 10.2 Å². The van der Waals surface area contributed by atoms with E-state index in [1.165, 1.54) is 5.56 Å². The van der Waals surface area contributed by atoms with Gasteiger partial charge in [-0.25, -0.2) is 4.98 Å². The lowest BCUT2D eigenvalue weighted by Gasteiger charge is -2.40. The number of nitrogens with one attached hydrogen (secondary N) is 1. The second kappa shape index (κ2) is 9.71. The lowest BCUT2D eigenvalue weighted by Crippen LogP contribution is -2.40. The number of hydrogen-bond acceptors (Lipinski definition) is 4. The lowest BCUT2D eigenvalue weighted by atomic mass is 10.0. The molecule has 5 rings (SSSR count). The van der Waals surface area contributed by atoms with Gasteiger partial charge in [0, 0.05) is 25.7 Å². The van der Waals surface area contributed by atoms with Gasteiger partial charge in [-0.05, 0) is 66.8 Å². The van der Waals surface area contributed by atoms with Crippen LogP contribution in [-0.2, 0) is 13.0 Å². The average Bonchev–Trinajstić information content (AvgIpc) is 3.24. The van der Waals surface area contributed by atoms with Crippen LogP contribution in [0.3, 0.4) is 0 Å². The molecule has 0 spiro atoms. The molecule has 3 aromatic carbocycles. The largest absolute Gasteiger partial charge is 0.497 e. The van der Waals surface area contributed by atoms with E-state index in [-0.39, 0.29) is 12.6 Å². The second-order valence-corrected chi connectivity index (χ2v) is 12.4. The molecule has 39 heavy (non-hydrogen) atoms. The molecule has 5 nitrogen and oxygen atoms in total. The van der Waals surface area contributed by atoms with Crippen molar-refractivity contribution in [1.82, 2.24) is 14.5 Å². The number of benzene rings is 3. The molecule has 1 fully saturated rings. The van der Waals surface area contributed by atoms with E-state index in [0.29, 0.717) is 23.6 Å². The summed E-state index contributed by atoms with van der Waals surface area (Å²) in [4.78, 5) is 5.28. The van der Waals surface area contributed by atoms with Gasteiger partial charge in [0.25, 0.3) is 0 Å². The maximum Gasteiger partial charge on any atom is 0.310 e. The second-order valence-electron chi connectivity index (χ2n) is 9.98. The number of hydrogen-bond donors (Lipinski definition) is 1. The van der Waals surface area contributed by atoms with E-state index in [0.717, 1.165) is 67.8 Å². The summed E-state index contributed by atoms with van der Waals surface area (Å²) in [7, 11) is -8.05. The molecule has 0 radical (unpaired) electrons. The molecule has 2 heterocycles. The third-order valence-corrected chi connectivity index (χ3v) is 8.32. The molecule has 0 aliphatic carbocycles. The highest BCUT2D eigenvalue weighted by Crippen LogP contribution is 3.02. The van der Waals surface area contributed by atoms with Crippen LogP contribution in [0.15, 0.2) is 77.7 Å². The normalized spacial score (nSPS) is 17.1. The topological polar surface area (TPSA) is 42.3 Å². The van der Waals surface area contributed by atoms with Crippen LogP contribution in [-0.4, -0.2) is 47.2 Å². The number of aromatic nitrogens is 2. The molecule has 11 heteroatoms. The van der Waals surface area contributed by atoms with Crippen molar-refractivity contribution in [2.45, 2.75) is 36.7 Å². The van der Waals surface area contributed by atoms with Crippen molar-refractivity contribution in [1.29, 1.82) is 0 Å². The smallest absolute Gasteiger partial charge is 0.310 e. The predicted molar refractivity (Wildman–Crippen MR) is 146 cm³/mol. The third kappa shape index (κ3) is 6.65. The highest BCUT2D eigenvalue weighted by molar-refractivity contribution is 8.45. The van der Waals surface area contributed by atoms with Gasteiger partial charge in [0.1, 0.15) is 10.6 Å². The number of piperidine rings is 1. The fraction of sp³-hybridized carbons (Fsp3) is 0.321. The van der Waals surface area contributed by atoms with Crippen molar-refractivity contribution >= 4 is 27.2 Å². The van der Waals surface area contributed by atoms with E-state index >= 15 is 0 Å². The summed E-state index contributed by atoms with van der Waals surface area (Å²) in [5.74, 6) is 1.46. The molecule has 0 saturated carbocycles. The molecule has 0 atom stereocenters. The zero-order valence-corrected chi connectivity index (χ0v) is 22.3. The number of imidazole rings is 1. The number of ether oxygens (including phenoxy) is 1. The van der Waals surface area contributed by atoms with E-state index < -0.39 is 15.1 Å². The van der Waals surface area contributed by atoms with E-state index in [1.807, 2.05) is 41.0 Å². The summed E-state index contributed by atoms with van der Waals surface area (Å²) in [6.45, 7) is 3.03. The Bertz CT molecular complexity index is 1430. The molecular weight excluding hydrogens is 535 g/mol. The third-order valence-electron chi connectivity index (χ3n) is 7.16. The van der Waals surface area contributed by atoms with Crippen LogP contribution in [0.1, 0.15) is 24.0 Å². The highest BCUT2D eigenvalue weighted by Gasteiger charge is 2.65. The Morgan fingerprint density at radius 3 is 2.15 bits per heavy atom. The van der Waals surface area contributed by atoms with Crippen LogP contribution < -0.4 is 10.1 Å². The number of anilines is 1. The summed E-state index contributed by atoms with van der Waals surface area (Å²) >= 11 is 0. The fourth-order valence-corrected chi connectivity index (χ4v) is 5.59. The quantitative estimate of drug-likeness (QED) is 0.209. The van der Waals surface area contributed by atoms with Crippen LogP contribution in [0.5, 0.6) is 5.75 Å². The number of rotatable bonds is 9. The van der Waals surface area contributed by atoms with E-state index in [1.54, 1.807) is 7.11 Å². The first-order valence-electron chi connectivity index (χ1n) is 12.8. The number of likely N-dealkylation sites (tertiary alicyclic amines) is 1. The van der Waals surface area contributed by atoms with Crippen molar-refractivity contribution in [3.8, 4) is 5.75 Å². The molecule has 0 unspecified atom stereocenters. The van der Waals surface area contributed by atoms with Crippen LogP contribution in [0.25, 0.3) is 11.0 Å². The number of nitrogens with zero attached hydrogens (tertiary/aromatic N) is 3. The number of para-hydroxylation sites is 2. The summed E-state index contributed by atoms with van der Waals surface area (Å²) in [6.07, 6.45) is 2.80. The zero-order valence-electron chi connectivity index (χ0n) is 21.5. The number of halogens is 5. The molecule has 1 aliphatic heterocycles. The van der Waals surface area contributed by atoms with Crippen LogP contribution in [0.2, 0.25) is 0 Å². The van der Waals surface area contributed by atoms with E-state index in [4.69, 9.17) is 9.72 Å². The standard InChI is InChI=1S/C28H31F5N4OS/c1-38-24-10-6-21(7-11-24)14-17-36-18-15-23(16-19-36)34-28-35-26-4-2-3-5-27(26)37(28)20-22-8-12-25(13-9-22)39(29,30,31,32)33/h2-13,23H,14-20H2,1H3,(H,34,35). The van der Waals surface area contributed by atoms with Crippen molar-refractivity contribution in [2.24, 2.45) is 0 Å². The minimum atomic E-state index is -9.71. The van der Waals surface area contributed by atoms with Crippen LogP contribution in [0, 0.1) is 0 Å². The van der Waals surface area contributed by atoms with Gasteiger partial charge < -0.3 is 19.5 Å². The Balaban J connectivity index is 1.24. The number of fused-ring (bicyclic) bond motifs is 1. The minimum absolute atomic E-state index is 0.188.